The number of phenols is 1. The van der Waals surface area contributed by atoms with Crippen molar-refractivity contribution in [2.24, 2.45) is 0 Å². The van der Waals surface area contributed by atoms with Gasteiger partial charge in [0.15, 0.2) is 5.75 Å². The standard InChI is InChI=1S/C8H7NO4/c10-7-3-5-1-2-13-8(5)4-6(7)9(11)12/h3-4,10H,1-2H2. The van der Waals surface area contributed by atoms with Crippen molar-refractivity contribution in [3.63, 3.8) is 0 Å². The van der Waals surface area contributed by atoms with Crippen LogP contribution in [-0.2, 0) is 6.42 Å². The molecular weight excluding hydrogens is 174 g/mol. The first-order valence-corrected chi connectivity index (χ1v) is 3.81. The Kier molecular flexibility index (Phi) is 1.58. The van der Waals surface area contributed by atoms with E-state index in [2.05, 4.69) is 0 Å². The molecular formula is C8H7NO4. The quantitative estimate of drug-likeness (QED) is 0.522. The molecule has 13 heavy (non-hydrogen) atoms. The molecule has 0 saturated carbocycles. The predicted molar refractivity (Wildman–Crippen MR) is 44.0 cm³/mol. The van der Waals surface area contributed by atoms with Crippen LogP contribution in [0.3, 0.4) is 0 Å². The number of hydrogen-bond donors (Lipinski definition) is 1. The highest BCUT2D eigenvalue weighted by Gasteiger charge is 2.21. The van der Waals surface area contributed by atoms with Crippen molar-refractivity contribution in [1.82, 2.24) is 0 Å². The molecule has 0 aliphatic carbocycles. The molecule has 1 heterocycles. The zero-order chi connectivity index (χ0) is 9.42. The Morgan fingerprint density at radius 3 is 3.00 bits per heavy atom. The lowest BCUT2D eigenvalue weighted by atomic mass is 10.1. The maximum absolute atomic E-state index is 10.4. The van der Waals surface area contributed by atoms with Crippen LogP contribution in [-0.4, -0.2) is 16.6 Å². The van der Waals surface area contributed by atoms with Gasteiger partial charge in [0.05, 0.1) is 17.6 Å². The topological polar surface area (TPSA) is 72.6 Å². The van der Waals surface area contributed by atoms with Gasteiger partial charge < -0.3 is 9.84 Å². The third-order valence-corrected chi connectivity index (χ3v) is 1.98. The normalized spacial score (nSPS) is 13.5. The number of benzene rings is 1. The van der Waals surface area contributed by atoms with Crippen molar-refractivity contribution in [2.75, 3.05) is 6.61 Å². The molecule has 0 bridgehead atoms. The van der Waals surface area contributed by atoms with Gasteiger partial charge in [-0.05, 0) is 6.07 Å². The van der Waals surface area contributed by atoms with Crippen molar-refractivity contribution in [3.8, 4) is 11.5 Å². The highest BCUT2D eigenvalue weighted by atomic mass is 16.6. The van der Waals surface area contributed by atoms with E-state index in [1.165, 1.54) is 12.1 Å². The van der Waals surface area contributed by atoms with Gasteiger partial charge in [0, 0.05) is 12.0 Å². The molecule has 1 aliphatic rings. The van der Waals surface area contributed by atoms with Gasteiger partial charge in [-0.1, -0.05) is 0 Å². The molecule has 0 saturated heterocycles. The third-order valence-electron chi connectivity index (χ3n) is 1.98. The molecule has 1 aromatic rings. The molecule has 68 valence electrons. The van der Waals surface area contributed by atoms with E-state index < -0.39 is 4.92 Å². The van der Waals surface area contributed by atoms with E-state index in [0.29, 0.717) is 18.8 Å². The van der Waals surface area contributed by atoms with E-state index in [-0.39, 0.29) is 11.4 Å². The maximum Gasteiger partial charge on any atom is 0.314 e. The number of nitrogens with zero attached hydrogens (tertiary/aromatic N) is 1. The predicted octanol–water partition coefficient (Wildman–Crippen LogP) is 1.24. The van der Waals surface area contributed by atoms with Gasteiger partial charge in [-0.2, -0.15) is 0 Å². The van der Waals surface area contributed by atoms with Gasteiger partial charge in [0.25, 0.3) is 0 Å². The summed E-state index contributed by atoms with van der Waals surface area (Å²) in [6.07, 6.45) is 0.695. The zero-order valence-corrected chi connectivity index (χ0v) is 6.69. The van der Waals surface area contributed by atoms with Crippen molar-refractivity contribution < 1.29 is 14.8 Å². The van der Waals surface area contributed by atoms with Crippen LogP contribution in [0.1, 0.15) is 5.56 Å². The number of hydrogen-bond acceptors (Lipinski definition) is 4. The second-order valence-electron chi connectivity index (χ2n) is 2.80. The summed E-state index contributed by atoms with van der Waals surface area (Å²) < 4.78 is 5.13. The Morgan fingerprint density at radius 1 is 1.54 bits per heavy atom. The largest absolute Gasteiger partial charge is 0.502 e. The minimum Gasteiger partial charge on any atom is -0.502 e. The van der Waals surface area contributed by atoms with Gasteiger partial charge >= 0.3 is 5.69 Å². The molecule has 1 N–H and O–H groups in total. The lowest BCUT2D eigenvalue weighted by molar-refractivity contribution is -0.385. The molecule has 0 amide bonds. The summed E-state index contributed by atoms with van der Waals surface area (Å²) >= 11 is 0. The molecule has 0 radical (unpaired) electrons. The van der Waals surface area contributed by atoms with E-state index in [1.54, 1.807) is 0 Å². The minimum absolute atomic E-state index is 0.297. The molecule has 2 rings (SSSR count). The van der Waals surface area contributed by atoms with Crippen LogP contribution < -0.4 is 4.74 Å². The van der Waals surface area contributed by atoms with Crippen molar-refractivity contribution >= 4 is 5.69 Å². The summed E-state index contributed by atoms with van der Waals surface area (Å²) in [5, 5.41) is 19.7. The van der Waals surface area contributed by atoms with Crippen LogP contribution >= 0.6 is 0 Å². The lowest BCUT2D eigenvalue weighted by Gasteiger charge is -1.99. The summed E-state index contributed by atoms with van der Waals surface area (Å²) in [6, 6.07) is 2.65. The highest BCUT2D eigenvalue weighted by Crippen LogP contribution is 2.36. The van der Waals surface area contributed by atoms with Gasteiger partial charge in [-0.3, -0.25) is 10.1 Å². The van der Waals surface area contributed by atoms with Crippen molar-refractivity contribution in [3.05, 3.63) is 27.8 Å². The fourth-order valence-corrected chi connectivity index (χ4v) is 1.35. The fraction of sp³-hybridized carbons (Fsp3) is 0.250. The van der Waals surface area contributed by atoms with E-state index in [1.807, 2.05) is 0 Å². The molecule has 1 aromatic carbocycles. The SMILES string of the molecule is O=[N+]([O-])c1cc2c(cc1O)CCO2. The average Bonchev–Trinajstić information content (AvgIpc) is 2.48. The summed E-state index contributed by atoms with van der Waals surface area (Å²) in [6.45, 7) is 0.524. The Hall–Kier alpha value is -1.78. The zero-order valence-electron chi connectivity index (χ0n) is 6.69. The first-order chi connectivity index (χ1) is 6.18. The highest BCUT2D eigenvalue weighted by molar-refractivity contribution is 5.55. The number of nitro groups is 1. The number of fused-ring (bicyclic) bond motifs is 1. The molecule has 1 aliphatic heterocycles. The van der Waals surface area contributed by atoms with E-state index in [9.17, 15) is 15.2 Å². The average molecular weight is 181 g/mol. The van der Waals surface area contributed by atoms with Crippen LogP contribution in [0.2, 0.25) is 0 Å². The summed E-state index contributed by atoms with van der Waals surface area (Å²) in [5.41, 5.74) is 0.517. The van der Waals surface area contributed by atoms with Crippen molar-refractivity contribution in [2.45, 2.75) is 6.42 Å². The Labute approximate surface area is 73.7 Å². The number of phenolic OH excluding ortho intramolecular Hbond substituents is 1. The summed E-state index contributed by atoms with van der Waals surface area (Å²) in [5.74, 6) is 0.207. The first-order valence-electron chi connectivity index (χ1n) is 3.81. The van der Waals surface area contributed by atoms with E-state index >= 15 is 0 Å². The van der Waals surface area contributed by atoms with Crippen LogP contribution in [0.25, 0.3) is 0 Å². The van der Waals surface area contributed by atoms with E-state index in [0.717, 1.165) is 5.56 Å². The fourth-order valence-electron chi connectivity index (χ4n) is 1.35. The summed E-state index contributed by atoms with van der Waals surface area (Å²) in [7, 11) is 0. The van der Waals surface area contributed by atoms with Crippen LogP contribution in [0.15, 0.2) is 12.1 Å². The molecule has 0 atom stereocenters. The lowest BCUT2D eigenvalue weighted by Crippen LogP contribution is -1.90. The Morgan fingerprint density at radius 2 is 2.31 bits per heavy atom. The van der Waals surface area contributed by atoms with Crippen LogP contribution in [0.5, 0.6) is 11.5 Å². The maximum atomic E-state index is 10.4. The minimum atomic E-state index is -0.628. The molecule has 0 aromatic heterocycles. The monoisotopic (exact) mass is 181 g/mol. The van der Waals surface area contributed by atoms with Crippen LogP contribution in [0, 0.1) is 10.1 Å². The van der Waals surface area contributed by atoms with Crippen LogP contribution in [0.4, 0.5) is 5.69 Å². The first kappa shape index (κ1) is 7.85. The molecule has 5 heteroatoms. The van der Waals surface area contributed by atoms with E-state index in [4.69, 9.17) is 4.74 Å². The van der Waals surface area contributed by atoms with Gasteiger partial charge in [0.2, 0.25) is 0 Å². The molecule has 0 spiro atoms. The van der Waals surface area contributed by atoms with Gasteiger partial charge in [-0.15, -0.1) is 0 Å². The smallest absolute Gasteiger partial charge is 0.314 e. The summed E-state index contributed by atoms with van der Waals surface area (Å²) in [4.78, 5) is 9.78. The van der Waals surface area contributed by atoms with Gasteiger partial charge in [-0.25, -0.2) is 0 Å². The second-order valence-corrected chi connectivity index (χ2v) is 2.80. The third kappa shape index (κ3) is 1.18. The Balaban J connectivity index is 2.55. The van der Waals surface area contributed by atoms with Crippen molar-refractivity contribution in [1.29, 1.82) is 0 Å². The Bertz CT molecular complexity index is 375. The van der Waals surface area contributed by atoms with Gasteiger partial charge in [0.1, 0.15) is 5.75 Å². The second kappa shape index (κ2) is 2.62. The molecule has 0 unspecified atom stereocenters. The number of rotatable bonds is 1. The molecule has 5 nitrogen and oxygen atoms in total. The number of nitro benzene ring substituents is 1. The molecule has 0 fully saturated rings. The number of ether oxygens (including phenoxy) is 1. The number of aromatic hydroxyl groups is 1.